The Kier molecular flexibility index (Phi) is 3.48. The first kappa shape index (κ1) is 14.4. The summed E-state index contributed by atoms with van der Waals surface area (Å²) in [6.07, 6.45) is 1.10. The van der Waals surface area contributed by atoms with Crippen molar-refractivity contribution in [3.63, 3.8) is 0 Å². The minimum Gasteiger partial charge on any atom is -0.295 e. The van der Waals surface area contributed by atoms with Crippen LogP contribution >= 0.6 is 0 Å². The molecule has 1 aliphatic rings. The molecule has 2 amide bonds. The van der Waals surface area contributed by atoms with Gasteiger partial charge in [-0.2, -0.15) is 0 Å². The highest BCUT2D eigenvalue weighted by atomic mass is 19.1. The Morgan fingerprint density at radius 2 is 2.09 bits per heavy atom. The summed E-state index contributed by atoms with van der Waals surface area (Å²) in [5, 5.41) is 2.38. The summed E-state index contributed by atoms with van der Waals surface area (Å²) in [5.74, 6) is -1.20. The summed E-state index contributed by atoms with van der Waals surface area (Å²) in [7, 11) is 0. The van der Waals surface area contributed by atoms with Gasteiger partial charge in [-0.3, -0.25) is 24.3 Å². The van der Waals surface area contributed by atoms with E-state index in [0.29, 0.717) is 12.8 Å². The van der Waals surface area contributed by atoms with Crippen LogP contribution in [0.5, 0.6) is 0 Å². The molecule has 22 heavy (non-hydrogen) atoms. The van der Waals surface area contributed by atoms with E-state index in [1.54, 1.807) is 6.92 Å². The maximum Gasteiger partial charge on any atom is 0.262 e. The van der Waals surface area contributed by atoms with Gasteiger partial charge in [0.1, 0.15) is 23.2 Å². The predicted molar refractivity (Wildman–Crippen MR) is 76.7 cm³/mol. The zero-order valence-corrected chi connectivity index (χ0v) is 11.9. The molecular weight excluding hydrogens is 289 g/mol. The first-order valence-electron chi connectivity index (χ1n) is 7.00. The molecule has 0 spiro atoms. The van der Waals surface area contributed by atoms with Crippen molar-refractivity contribution < 1.29 is 14.0 Å². The number of halogens is 1. The van der Waals surface area contributed by atoms with Crippen LogP contribution < -0.4 is 10.9 Å². The lowest BCUT2D eigenvalue weighted by molar-refractivity contribution is -0.131. The van der Waals surface area contributed by atoms with Gasteiger partial charge in [0, 0.05) is 6.42 Å². The zero-order valence-electron chi connectivity index (χ0n) is 11.9. The number of fused-ring (bicyclic) bond motifs is 1. The fourth-order valence-electron chi connectivity index (χ4n) is 2.78. The molecule has 7 heteroatoms. The number of hydrogen-bond donors (Lipinski definition) is 1. The van der Waals surface area contributed by atoms with Gasteiger partial charge in [-0.25, -0.2) is 9.37 Å². The van der Waals surface area contributed by atoms with Gasteiger partial charge in [0.2, 0.25) is 11.8 Å². The minimum atomic E-state index is -0.806. The van der Waals surface area contributed by atoms with Crippen LogP contribution in [0.1, 0.15) is 31.1 Å². The van der Waals surface area contributed by atoms with Crippen LogP contribution in [0.15, 0.2) is 23.0 Å². The molecule has 1 fully saturated rings. The number of nitrogens with zero attached hydrogens (tertiary/aromatic N) is 2. The molecule has 0 saturated carbocycles. The number of para-hydroxylation sites is 1. The third-order valence-corrected chi connectivity index (χ3v) is 3.82. The molecule has 1 atom stereocenters. The highest BCUT2D eigenvalue weighted by molar-refractivity contribution is 5.98. The van der Waals surface area contributed by atoms with E-state index in [1.807, 2.05) is 0 Å². The molecule has 1 unspecified atom stereocenters. The Balaban J connectivity index is 2.21. The minimum absolute atomic E-state index is 0.00800. The third kappa shape index (κ3) is 2.28. The van der Waals surface area contributed by atoms with Crippen molar-refractivity contribution in [1.29, 1.82) is 0 Å². The summed E-state index contributed by atoms with van der Waals surface area (Å²) in [6.45, 7) is 1.55. The average molecular weight is 303 g/mol. The van der Waals surface area contributed by atoms with Crippen LogP contribution in [0.2, 0.25) is 0 Å². The predicted octanol–water partition coefficient (Wildman–Crippen LogP) is 1.21. The standard InChI is InChI=1S/C15H14FN3O3/c1-8-17-13-9(4-2-5-10(13)16)15(22)19(8)11-6-3-7-12(20)18-14(11)21/h2,4-5,11H,3,6-7H2,1H3,(H,18,20,21). The van der Waals surface area contributed by atoms with Crippen molar-refractivity contribution in [2.24, 2.45) is 0 Å². The fraction of sp³-hybridized carbons (Fsp3) is 0.333. The molecule has 1 aromatic heterocycles. The van der Waals surface area contributed by atoms with E-state index in [9.17, 15) is 18.8 Å². The summed E-state index contributed by atoms with van der Waals surface area (Å²) in [6, 6.07) is 3.33. The number of carbonyl (C=O) groups is 2. The Hall–Kier alpha value is -2.57. The van der Waals surface area contributed by atoms with E-state index in [4.69, 9.17) is 0 Å². The van der Waals surface area contributed by atoms with Crippen LogP contribution in [0, 0.1) is 12.7 Å². The lowest BCUT2D eigenvalue weighted by Crippen LogP contribution is -2.39. The first-order valence-corrected chi connectivity index (χ1v) is 7.00. The Morgan fingerprint density at radius 3 is 2.86 bits per heavy atom. The van der Waals surface area contributed by atoms with Gasteiger partial charge in [-0.05, 0) is 31.9 Å². The van der Waals surface area contributed by atoms with Crippen molar-refractivity contribution in [3.8, 4) is 0 Å². The lowest BCUT2D eigenvalue weighted by atomic mass is 10.1. The summed E-state index contributed by atoms with van der Waals surface area (Å²) < 4.78 is 15.0. The van der Waals surface area contributed by atoms with Gasteiger partial charge < -0.3 is 0 Å². The van der Waals surface area contributed by atoms with Crippen molar-refractivity contribution in [1.82, 2.24) is 14.9 Å². The number of amides is 2. The lowest BCUT2D eigenvalue weighted by Gasteiger charge is -2.19. The molecule has 6 nitrogen and oxygen atoms in total. The topological polar surface area (TPSA) is 81.1 Å². The number of hydrogen-bond acceptors (Lipinski definition) is 4. The first-order chi connectivity index (χ1) is 10.5. The molecule has 3 rings (SSSR count). The maximum atomic E-state index is 13.8. The Labute approximate surface area is 125 Å². The van der Waals surface area contributed by atoms with E-state index >= 15 is 0 Å². The smallest absolute Gasteiger partial charge is 0.262 e. The molecule has 1 saturated heterocycles. The molecule has 2 aromatic rings. The summed E-state index contributed by atoms with van der Waals surface area (Å²) in [5.41, 5.74) is -0.483. The van der Waals surface area contributed by atoms with Gasteiger partial charge in [0.25, 0.3) is 5.56 Å². The second-order valence-corrected chi connectivity index (χ2v) is 5.29. The second-order valence-electron chi connectivity index (χ2n) is 5.29. The van der Waals surface area contributed by atoms with Crippen LogP contribution in [-0.4, -0.2) is 21.4 Å². The normalized spacial score (nSPS) is 19.1. The molecule has 2 heterocycles. The molecule has 1 N–H and O–H groups in total. The monoisotopic (exact) mass is 303 g/mol. The van der Waals surface area contributed by atoms with E-state index < -0.39 is 23.3 Å². The van der Waals surface area contributed by atoms with Gasteiger partial charge >= 0.3 is 0 Å². The number of aryl methyl sites for hydroxylation is 1. The molecule has 114 valence electrons. The molecule has 1 aliphatic heterocycles. The van der Waals surface area contributed by atoms with Crippen LogP contribution in [0.25, 0.3) is 10.9 Å². The van der Waals surface area contributed by atoms with Crippen molar-refractivity contribution in [2.45, 2.75) is 32.2 Å². The van der Waals surface area contributed by atoms with Gasteiger partial charge in [0.15, 0.2) is 0 Å². The Bertz CT molecular complexity index is 844. The SMILES string of the molecule is Cc1nc2c(F)cccc2c(=O)n1C1CCCC(=O)NC1=O. The highest BCUT2D eigenvalue weighted by Gasteiger charge is 2.28. The number of aromatic nitrogens is 2. The maximum absolute atomic E-state index is 13.8. The van der Waals surface area contributed by atoms with E-state index in [-0.39, 0.29) is 29.1 Å². The molecule has 1 aromatic carbocycles. The van der Waals surface area contributed by atoms with Gasteiger partial charge in [-0.1, -0.05) is 6.07 Å². The zero-order chi connectivity index (χ0) is 15.9. The molecule has 0 aliphatic carbocycles. The number of rotatable bonds is 1. The highest BCUT2D eigenvalue weighted by Crippen LogP contribution is 2.20. The van der Waals surface area contributed by atoms with Crippen molar-refractivity contribution in [2.75, 3.05) is 0 Å². The number of carbonyl (C=O) groups excluding carboxylic acids is 2. The van der Waals surface area contributed by atoms with E-state index in [1.165, 1.54) is 22.8 Å². The average Bonchev–Trinajstić information content (AvgIpc) is 2.62. The summed E-state index contributed by atoms with van der Waals surface area (Å²) in [4.78, 5) is 40.3. The number of benzene rings is 1. The van der Waals surface area contributed by atoms with Crippen LogP contribution in [0.4, 0.5) is 4.39 Å². The summed E-state index contributed by atoms with van der Waals surface area (Å²) >= 11 is 0. The Morgan fingerprint density at radius 1 is 1.32 bits per heavy atom. The fourth-order valence-corrected chi connectivity index (χ4v) is 2.78. The van der Waals surface area contributed by atoms with Crippen LogP contribution in [0.3, 0.4) is 0 Å². The van der Waals surface area contributed by atoms with E-state index in [0.717, 1.165) is 0 Å². The van der Waals surface area contributed by atoms with Gasteiger partial charge in [0.05, 0.1) is 5.39 Å². The number of imide groups is 1. The third-order valence-electron chi connectivity index (χ3n) is 3.82. The van der Waals surface area contributed by atoms with Crippen LogP contribution in [-0.2, 0) is 9.59 Å². The van der Waals surface area contributed by atoms with Crippen molar-refractivity contribution >= 4 is 22.7 Å². The second kappa shape index (κ2) is 5.32. The van der Waals surface area contributed by atoms with Crippen molar-refractivity contribution in [3.05, 3.63) is 40.2 Å². The largest absolute Gasteiger partial charge is 0.295 e. The van der Waals surface area contributed by atoms with E-state index in [2.05, 4.69) is 10.3 Å². The molecule has 0 radical (unpaired) electrons. The quantitative estimate of drug-likeness (QED) is 0.803. The molecule has 0 bridgehead atoms. The number of nitrogens with one attached hydrogen (secondary N) is 1. The van der Waals surface area contributed by atoms with Gasteiger partial charge in [-0.15, -0.1) is 0 Å². The molecular formula is C15H14FN3O3.